The van der Waals surface area contributed by atoms with E-state index in [1.807, 2.05) is 6.92 Å². The first-order valence-corrected chi connectivity index (χ1v) is 5.23. The fraction of sp³-hybridized carbons (Fsp3) is 0.800. The SMILES string of the molecule is CNC(=O)C(C)CN(C)C(=O)C1CNC1. The number of rotatable bonds is 4. The number of amides is 2. The molecule has 0 radical (unpaired) electrons. The van der Waals surface area contributed by atoms with Crippen molar-refractivity contribution in [2.24, 2.45) is 11.8 Å². The van der Waals surface area contributed by atoms with Crippen molar-refractivity contribution >= 4 is 11.8 Å². The molecule has 0 bridgehead atoms. The molecule has 1 atom stereocenters. The van der Waals surface area contributed by atoms with Crippen molar-refractivity contribution in [2.75, 3.05) is 33.7 Å². The lowest BCUT2D eigenvalue weighted by Crippen LogP contribution is -2.52. The largest absolute Gasteiger partial charge is 0.359 e. The molecular weight excluding hydrogens is 194 g/mol. The van der Waals surface area contributed by atoms with E-state index in [0.29, 0.717) is 6.54 Å². The number of carbonyl (C=O) groups is 2. The third-order valence-electron chi connectivity index (χ3n) is 2.75. The topological polar surface area (TPSA) is 61.4 Å². The second-order valence-electron chi connectivity index (χ2n) is 4.09. The molecule has 5 nitrogen and oxygen atoms in total. The van der Waals surface area contributed by atoms with Crippen LogP contribution in [0.3, 0.4) is 0 Å². The molecule has 0 aromatic carbocycles. The van der Waals surface area contributed by atoms with Crippen molar-refractivity contribution in [3.05, 3.63) is 0 Å². The van der Waals surface area contributed by atoms with Gasteiger partial charge in [0.2, 0.25) is 11.8 Å². The lowest BCUT2D eigenvalue weighted by Gasteiger charge is -2.31. The van der Waals surface area contributed by atoms with Gasteiger partial charge in [0.15, 0.2) is 0 Å². The molecule has 1 fully saturated rings. The molecule has 0 aromatic rings. The van der Waals surface area contributed by atoms with Gasteiger partial charge in [-0.2, -0.15) is 0 Å². The molecule has 0 aromatic heterocycles. The van der Waals surface area contributed by atoms with Crippen LogP contribution < -0.4 is 10.6 Å². The summed E-state index contributed by atoms with van der Waals surface area (Å²) in [4.78, 5) is 24.6. The highest BCUT2D eigenvalue weighted by Crippen LogP contribution is 2.08. The van der Waals surface area contributed by atoms with E-state index in [1.54, 1.807) is 19.0 Å². The monoisotopic (exact) mass is 213 g/mol. The molecule has 0 aliphatic carbocycles. The van der Waals surface area contributed by atoms with Crippen molar-refractivity contribution in [3.63, 3.8) is 0 Å². The highest BCUT2D eigenvalue weighted by Gasteiger charge is 2.28. The Kier molecular flexibility index (Phi) is 4.08. The van der Waals surface area contributed by atoms with Gasteiger partial charge in [0, 0.05) is 33.7 Å². The van der Waals surface area contributed by atoms with E-state index in [4.69, 9.17) is 0 Å². The van der Waals surface area contributed by atoms with Gasteiger partial charge in [0.25, 0.3) is 0 Å². The lowest BCUT2D eigenvalue weighted by molar-refractivity contribution is -0.137. The Morgan fingerprint density at radius 2 is 2.13 bits per heavy atom. The summed E-state index contributed by atoms with van der Waals surface area (Å²) < 4.78 is 0. The minimum atomic E-state index is -0.156. The van der Waals surface area contributed by atoms with Gasteiger partial charge in [-0.15, -0.1) is 0 Å². The normalized spacial score (nSPS) is 17.8. The fourth-order valence-electron chi connectivity index (χ4n) is 1.61. The molecule has 1 unspecified atom stereocenters. The van der Waals surface area contributed by atoms with E-state index in [2.05, 4.69) is 10.6 Å². The second kappa shape index (κ2) is 5.11. The Morgan fingerprint density at radius 1 is 1.53 bits per heavy atom. The average Bonchev–Trinajstić information content (AvgIpc) is 2.13. The molecule has 86 valence electrons. The first kappa shape index (κ1) is 12.0. The third-order valence-corrected chi connectivity index (χ3v) is 2.75. The Labute approximate surface area is 90.2 Å². The minimum Gasteiger partial charge on any atom is -0.359 e. The van der Waals surface area contributed by atoms with Crippen molar-refractivity contribution in [1.29, 1.82) is 0 Å². The zero-order valence-corrected chi connectivity index (χ0v) is 9.54. The first-order valence-electron chi connectivity index (χ1n) is 5.23. The van der Waals surface area contributed by atoms with E-state index < -0.39 is 0 Å². The van der Waals surface area contributed by atoms with E-state index in [1.165, 1.54) is 0 Å². The third kappa shape index (κ3) is 2.92. The van der Waals surface area contributed by atoms with Gasteiger partial charge < -0.3 is 15.5 Å². The van der Waals surface area contributed by atoms with Crippen LogP contribution >= 0.6 is 0 Å². The quantitative estimate of drug-likeness (QED) is 0.633. The smallest absolute Gasteiger partial charge is 0.228 e. The molecule has 1 rings (SSSR count). The van der Waals surface area contributed by atoms with Crippen LogP contribution in [0.5, 0.6) is 0 Å². The van der Waals surface area contributed by atoms with Crippen molar-refractivity contribution in [3.8, 4) is 0 Å². The van der Waals surface area contributed by atoms with Crippen LogP contribution in [0.25, 0.3) is 0 Å². The summed E-state index contributed by atoms with van der Waals surface area (Å²) in [6.07, 6.45) is 0. The summed E-state index contributed by atoms with van der Waals surface area (Å²) in [7, 11) is 3.36. The van der Waals surface area contributed by atoms with E-state index in [9.17, 15) is 9.59 Å². The Bertz CT molecular complexity index is 251. The highest BCUT2D eigenvalue weighted by molar-refractivity contribution is 5.82. The van der Waals surface area contributed by atoms with E-state index >= 15 is 0 Å². The summed E-state index contributed by atoms with van der Waals surface area (Å²) in [6, 6.07) is 0. The average molecular weight is 213 g/mol. The molecule has 2 N–H and O–H groups in total. The van der Waals surface area contributed by atoms with Crippen LogP contribution in [-0.4, -0.2) is 50.4 Å². The van der Waals surface area contributed by atoms with Crippen LogP contribution in [0.4, 0.5) is 0 Å². The van der Waals surface area contributed by atoms with Gasteiger partial charge in [-0.05, 0) is 0 Å². The zero-order valence-electron chi connectivity index (χ0n) is 9.54. The van der Waals surface area contributed by atoms with Gasteiger partial charge in [-0.3, -0.25) is 9.59 Å². The predicted octanol–water partition coefficient (Wildman–Crippen LogP) is -0.954. The Morgan fingerprint density at radius 3 is 2.53 bits per heavy atom. The van der Waals surface area contributed by atoms with Gasteiger partial charge in [0.1, 0.15) is 0 Å². The number of hydrogen-bond donors (Lipinski definition) is 2. The molecule has 0 saturated carbocycles. The maximum Gasteiger partial charge on any atom is 0.228 e. The molecular formula is C10H19N3O2. The summed E-state index contributed by atoms with van der Waals surface area (Å²) in [6.45, 7) is 3.83. The Hall–Kier alpha value is -1.10. The zero-order chi connectivity index (χ0) is 11.4. The van der Waals surface area contributed by atoms with Crippen molar-refractivity contribution < 1.29 is 9.59 Å². The maximum absolute atomic E-state index is 11.7. The fourth-order valence-corrected chi connectivity index (χ4v) is 1.61. The number of nitrogens with one attached hydrogen (secondary N) is 2. The Balaban J connectivity index is 2.36. The van der Waals surface area contributed by atoms with Crippen molar-refractivity contribution in [2.45, 2.75) is 6.92 Å². The molecule has 1 heterocycles. The number of nitrogens with zero attached hydrogens (tertiary/aromatic N) is 1. The van der Waals surface area contributed by atoms with Gasteiger partial charge >= 0.3 is 0 Å². The molecule has 15 heavy (non-hydrogen) atoms. The van der Waals surface area contributed by atoms with Crippen LogP contribution in [0.1, 0.15) is 6.92 Å². The lowest BCUT2D eigenvalue weighted by atomic mass is 10.0. The van der Waals surface area contributed by atoms with Crippen LogP contribution in [0, 0.1) is 11.8 Å². The van der Waals surface area contributed by atoms with Crippen molar-refractivity contribution in [1.82, 2.24) is 15.5 Å². The summed E-state index contributed by atoms with van der Waals surface area (Å²) in [5.74, 6) is 0.0507. The molecule has 5 heteroatoms. The van der Waals surface area contributed by atoms with Gasteiger partial charge in [-0.1, -0.05) is 6.92 Å². The van der Waals surface area contributed by atoms with Gasteiger partial charge in [0.05, 0.1) is 11.8 Å². The molecule has 1 aliphatic rings. The summed E-state index contributed by atoms with van der Waals surface area (Å²) in [5, 5.41) is 5.63. The number of carbonyl (C=O) groups excluding carboxylic acids is 2. The first-order chi connectivity index (χ1) is 7.06. The molecule has 1 saturated heterocycles. The molecule has 0 spiro atoms. The number of hydrogen-bond acceptors (Lipinski definition) is 3. The van der Waals surface area contributed by atoms with E-state index in [-0.39, 0.29) is 23.7 Å². The second-order valence-corrected chi connectivity index (χ2v) is 4.09. The van der Waals surface area contributed by atoms with Gasteiger partial charge in [-0.25, -0.2) is 0 Å². The molecule has 1 aliphatic heterocycles. The highest BCUT2D eigenvalue weighted by atomic mass is 16.2. The van der Waals surface area contributed by atoms with Crippen LogP contribution in [-0.2, 0) is 9.59 Å². The predicted molar refractivity (Wildman–Crippen MR) is 57.2 cm³/mol. The maximum atomic E-state index is 11.7. The standard InChI is InChI=1S/C10H19N3O2/c1-7(9(14)11-2)6-13(3)10(15)8-4-12-5-8/h7-8,12H,4-6H2,1-3H3,(H,11,14). The summed E-state index contributed by atoms with van der Waals surface area (Å²) >= 11 is 0. The van der Waals surface area contributed by atoms with Crippen LogP contribution in [0.2, 0.25) is 0 Å². The van der Waals surface area contributed by atoms with E-state index in [0.717, 1.165) is 13.1 Å². The minimum absolute atomic E-state index is 0.0265. The molecule has 2 amide bonds. The van der Waals surface area contributed by atoms with Crippen LogP contribution in [0.15, 0.2) is 0 Å². The summed E-state index contributed by atoms with van der Waals surface area (Å²) in [5.41, 5.74) is 0.